The van der Waals surface area contributed by atoms with E-state index >= 15 is 0 Å². The maximum atomic E-state index is 11.9. The van der Waals surface area contributed by atoms with Gasteiger partial charge in [0.1, 0.15) is 23.0 Å². The minimum atomic E-state index is -0.267. The van der Waals surface area contributed by atoms with Gasteiger partial charge in [-0.1, -0.05) is 12.6 Å². The van der Waals surface area contributed by atoms with Crippen molar-refractivity contribution in [2.24, 2.45) is 0 Å². The molecule has 9 heteroatoms. The number of methoxy groups -OCH3 is 1. The second kappa shape index (κ2) is 13.0. The van der Waals surface area contributed by atoms with Crippen LogP contribution in [0, 0.1) is 6.92 Å². The Morgan fingerprint density at radius 3 is 2.44 bits per heavy atom. The Hall–Kier alpha value is -4.24. The molecule has 9 nitrogen and oxygen atoms in total. The lowest BCUT2D eigenvalue weighted by Gasteiger charge is -2.34. The predicted octanol–water partition coefficient (Wildman–Crippen LogP) is 5.80. The molecule has 2 aromatic carbocycles. The molecule has 2 aliphatic heterocycles. The van der Waals surface area contributed by atoms with Crippen LogP contribution in [0.15, 0.2) is 61.2 Å². The van der Waals surface area contributed by atoms with Crippen LogP contribution in [0.1, 0.15) is 24.8 Å². The fourth-order valence-corrected chi connectivity index (χ4v) is 5.23. The summed E-state index contributed by atoms with van der Waals surface area (Å²) < 4.78 is 12.2. The number of aromatic nitrogens is 1. The molecule has 0 aliphatic carbocycles. The van der Waals surface area contributed by atoms with Crippen molar-refractivity contribution in [1.29, 1.82) is 0 Å². The molecule has 0 spiro atoms. The topological polar surface area (TPSA) is 82.2 Å². The molecule has 216 valence electrons. The fourth-order valence-electron chi connectivity index (χ4n) is 5.23. The van der Waals surface area contributed by atoms with Crippen molar-refractivity contribution in [3.8, 4) is 17.4 Å². The molecule has 2 saturated heterocycles. The van der Waals surface area contributed by atoms with Crippen LogP contribution in [0.3, 0.4) is 0 Å². The van der Waals surface area contributed by atoms with Crippen molar-refractivity contribution in [3.05, 3.63) is 66.7 Å². The number of ether oxygens (including phenoxy) is 2. The zero-order valence-electron chi connectivity index (χ0n) is 24.3. The van der Waals surface area contributed by atoms with Gasteiger partial charge in [-0.15, -0.1) is 0 Å². The van der Waals surface area contributed by atoms with Gasteiger partial charge in [0.25, 0.3) is 0 Å². The van der Waals surface area contributed by atoms with E-state index in [1.807, 2.05) is 37.3 Å². The van der Waals surface area contributed by atoms with E-state index in [0.717, 1.165) is 80.5 Å². The first-order valence-corrected chi connectivity index (χ1v) is 14.3. The van der Waals surface area contributed by atoms with Crippen LogP contribution in [0.4, 0.5) is 28.6 Å². The van der Waals surface area contributed by atoms with Crippen LogP contribution in [-0.4, -0.2) is 69.2 Å². The standard InChI is InChI=1S/C32H40N6O3/c1-5-31(39)34-27-22-25(11-9-23(27)2)41-32-28(38-15-7-6-8-16-38)13-14-30(35-32)33-26-12-10-24(21-29(26)40-4)37-19-17-36(3)18-20-37/h5,9-14,21-22H,1,6-8,15-20H2,2-4H3,(H,33,35)(H,34,39). The van der Waals surface area contributed by atoms with Gasteiger partial charge in [0.2, 0.25) is 11.8 Å². The highest BCUT2D eigenvalue weighted by molar-refractivity contribution is 5.99. The average molecular weight is 557 g/mol. The number of pyridine rings is 1. The van der Waals surface area contributed by atoms with E-state index in [-0.39, 0.29) is 5.91 Å². The molecule has 0 radical (unpaired) electrons. The Kier molecular flexibility index (Phi) is 8.94. The van der Waals surface area contributed by atoms with E-state index < -0.39 is 0 Å². The van der Waals surface area contributed by atoms with Crippen LogP contribution < -0.4 is 29.9 Å². The molecular formula is C32H40N6O3. The number of benzene rings is 2. The third-order valence-electron chi connectivity index (χ3n) is 7.72. The maximum absolute atomic E-state index is 11.9. The highest BCUT2D eigenvalue weighted by Crippen LogP contribution is 2.37. The van der Waals surface area contributed by atoms with Crippen molar-refractivity contribution >= 4 is 34.5 Å². The summed E-state index contributed by atoms with van der Waals surface area (Å²) in [5.41, 5.74) is 4.53. The van der Waals surface area contributed by atoms with Gasteiger partial charge in [0.05, 0.1) is 12.8 Å². The summed E-state index contributed by atoms with van der Waals surface area (Å²) in [5.74, 6) is 2.24. The number of likely N-dealkylation sites (N-methyl/N-ethyl adjacent to an activating group) is 1. The summed E-state index contributed by atoms with van der Waals surface area (Å²) in [5, 5.41) is 6.29. The minimum Gasteiger partial charge on any atom is -0.494 e. The summed E-state index contributed by atoms with van der Waals surface area (Å²) in [6.45, 7) is 11.5. The largest absolute Gasteiger partial charge is 0.494 e. The molecule has 2 fully saturated rings. The number of aryl methyl sites for hydroxylation is 1. The number of rotatable bonds is 9. The zero-order valence-corrected chi connectivity index (χ0v) is 24.3. The van der Waals surface area contributed by atoms with Crippen molar-refractivity contribution in [3.63, 3.8) is 0 Å². The molecule has 5 rings (SSSR count). The molecule has 1 aromatic heterocycles. The van der Waals surface area contributed by atoms with Gasteiger partial charge in [0, 0.05) is 62.8 Å². The maximum Gasteiger partial charge on any atom is 0.247 e. The molecule has 0 atom stereocenters. The molecule has 0 bridgehead atoms. The minimum absolute atomic E-state index is 0.267. The molecule has 0 saturated carbocycles. The number of nitrogens with one attached hydrogen (secondary N) is 2. The van der Waals surface area contributed by atoms with Gasteiger partial charge in [-0.3, -0.25) is 4.79 Å². The van der Waals surface area contributed by atoms with Crippen LogP contribution in [0.2, 0.25) is 0 Å². The first-order chi connectivity index (χ1) is 19.9. The second-order valence-corrected chi connectivity index (χ2v) is 10.6. The number of carbonyl (C=O) groups excluding carboxylic acids is 1. The second-order valence-electron chi connectivity index (χ2n) is 10.6. The first-order valence-electron chi connectivity index (χ1n) is 14.3. The number of amides is 1. The number of hydrogen-bond donors (Lipinski definition) is 2. The third kappa shape index (κ3) is 6.92. The molecule has 0 unspecified atom stereocenters. The van der Waals surface area contributed by atoms with Gasteiger partial charge in [-0.05, 0) is 75.2 Å². The summed E-state index contributed by atoms with van der Waals surface area (Å²) in [4.78, 5) is 23.9. The number of nitrogens with zero attached hydrogens (tertiary/aromatic N) is 4. The number of anilines is 5. The van der Waals surface area contributed by atoms with Crippen LogP contribution in [0.25, 0.3) is 0 Å². The van der Waals surface area contributed by atoms with Crippen molar-refractivity contribution < 1.29 is 14.3 Å². The smallest absolute Gasteiger partial charge is 0.247 e. The highest BCUT2D eigenvalue weighted by atomic mass is 16.5. The van der Waals surface area contributed by atoms with Gasteiger partial charge in [-0.25, -0.2) is 0 Å². The lowest BCUT2D eigenvalue weighted by atomic mass is 10.1. The zero-order chi connectivity index (χ0) is 28.8. The van der Waals surface area contributed by atoms with Crippen LogP contribution >= 0.6 is 0 Å². The van der Waals surface area contributed by atoms with Crippen molar-refractivity contribution in [1.82, 2.24) is 9.88 Å². The molecule has 1 amide bonds. The van der Waals surface area contributed by atoms with E-state index in [1.54, 1.807) is 7.11 Å². The Labute approximate surface area is 242 Å². The Morgan fingerprint density at radius 1 is 0.927 bits per heavy atom. The van der Waals surface area contributed by atoms with Crippen LogP contribution in [0.5, 0.6) is 17.4 Å². The Bertz CT molecular complexity index is 1380. The van der Waals surface area contributed by atoms with E-state index in [4.69, 9.17) is 14.5 Å². The number of hydrogen-bond acceptors (Lipinski definition) is 8. The lowest BCUT2D eigenvalue weighted by molar-refractivity contribution is -0.111. The molecule has 3 aromatic rings. The van der Waals surface area contributed by atoms with Gasteiger partial charge in [-0.2, -0.15) is 4.98 Å². The molecule has 2 aliphatic rings. The van der Waals surface area contributed by atoms with E-state index in [2.05, 4.69) is 57.2 Å². The SMILES string of the molecule is C=CC(=O)Nc1cc(Oc2nc(Nc3ccc(N4CCN(C)CC4)cc3OC)ccc2N2CCCCC2)ccc1C. The van der Waals surface area contributed by atoms with E-state index in [1.165, 1.54) is 12.5 Å². The average Bonchev–Trinajstić information content (AvgIpc) is 3.00. The Morgan fingerprint density at radius 2 is 1.71 bits per heavy atom. The summed E-state index contributed by atoms with van der Waals surface area (Å²) in [7, 11) is 3.85. The molecule has 3 heterocycles. The highest BCUT2D eigenvalue weighted by Gasteiger charge is 2.20. The van der Waals surface area contributed by atoms with Crippen molar-refractivity contribution in [2.45, 2.75) is 26.2 Å². The predicted molar refractivity (Wildman–Crippen MR) is 166 cm³/mol. The molecular weight excluding hydrogens is 516 g/mol. The Balaban J connectivity index is 1.42. The summed E-state index contributed by atoms with van der Waals surface area (Å²) >= 11 is 0. The van der Waals surface area contributed by atoms with Crippen molar-refractivity contribution in [2.75, 3.05) is 73.9 Å². The molecule has 2 N–H and O–H groups in total. The van der Waals surface area contributed by atoms with E-state index in [9.17, 15) is 4.79 Å². The lowest BCUT2D eigenvalue weighted by Crippen LogP contribution is -2.44. The third-order valence-corrected chi connectivity index (χ3v) is 7.72. The van der Waals surface area contributed by atoms with Crippen LogP contribution in [-0.2, 0) is 4.79 Å². The summed E-state index contributed by atoms with van der Waals surface area (Å²) in [6.07, 6.45) is 4.76. The molecule has 41 heavy (non-hydrogen) atoms. The first kappa shape index (κ1) is 28.3. The number of carbonyl (C=O) groups is 1. The fraction of sp³-hybridized carbons (Fsp3) is 0.375. The van der Waals surface area contributed by atoms with E-state index in [0.29, 0.717) is 23.1 Å². The number of piperidine rings is 1. The quantitative estimate of drug-likeness (QED) is 0.320. The normalized spacial score (nSPS) is 15.8. The monoisotopic (exact) mass is 556 g/mol. The van der Waals surface area contributed by atoms with Gasteiger partial charge in [0.15, 0.2) is 0 Å². The van der Waals surface area contributed by atoms with Gasteiger partial charge < -0.3 is 34.8 Å². The number of piperazine rings is 1. The van der Waals surface area contributed by atoms with Gasteiger partial charge >= 0.3 is 0 Å². The summed E-state index contributed by atoms with van der Waals surface area (Å²) in [6, 6.07) is 15.9.